The number of hydrogen-bond acceptors (Lipinski definition) is 4. The van der Waals surface area contributed by atoms with Crippen LogP contribution >= 0.6 is 0 Å². The first-order valence-electron chi connectivity index (χ1n) is 5.99. The molecule has 0 heterocycles. The average molecular weight is 270 g/mol. The van der Waals surface area contributed by atoms with Crippen molar-refractivity contribution in [2.45, 2.75) is 37.1 Å². The lowest BCUT2D eigenvalue weighted by atomic mass is 10.2. The van der Waals surface area contributed by atoms with Crippen LogP contribution in [0.3, 0.4) is 0 Å². The standard InChI is InChI=1S/C12H18N2O3S/c1-8(6-9-2-3-9)14-18(16,17)10-4-5-12(15)11(13)7-10/h4-5,7-9,14-15H,2-3,6,13H2,1H3. The van der Waals surface area contributed by atoms with Crippen molar-refractivity contribution in [2.75, 3.05) is 5.73 Å². The van der Waals surface area contributed by atoms with Gasteiger partial charge < -0.3 is 10.8 Å². The second-order valence-corrected chi connectivity index (χ2v) is 6.64. The topological polar surface area (TPSA) is 92.4 Å². The molecule has 2 rings (SSSR count). The van der Waals surface area contributed by atoms with Crippen molar-refractivity contribution >= 4 is 15.7 Å². The number of rotatable bonds is 5. The molecule has 0 aromatic heterocycles. The lowest BCUT2D eigenvalue weighted by molar-refractivity contribution is 0.477. The molecule has 0 spiro atoms. The molecule has 0 radical (unpaired) electrons. The Hall–Kier alpha value is -1.27. The lowest BCUT2D eigenvalue weighted by Gasteiger charge is -2.14. The van der Waals surface area contributed by atoms with Gasteiger partial charge in [0.15, 0.2) is 0 Å². The third-order valence-electron chi connectivity index (χ3n) is 3.05. The summed E-state index contributed by atoms with van der Waals surface area (Å²) in [6, 6.07) is 3.81. The second-order valence-electron chi connectivity index (χ2n) is 4.92. The molecular formula is C12H18N2O3S. The van der Waals surface area contributed by atoms with E-state index < -0.39 is 10.0 Å². The molecule has 0 aliphatic heterocycles. The molecule has 0 bridgehead atoms. The van der Waals surface area contributed by atoms with Crippen LogP contribution in [-0.4, -0.2) is 19.6 Å². The maximum absolute atomic E-state index is 12.1. The van der Waals surface area contributed by atoms with Gasteiger partial charge in [-0.1, -0.05) is 12.8 Å². The Morgan fingerprint density at radius 3 is 2.72 bits per heavy atom. The van der Waals surface area contributed by atoms with Crippen LogP contribution < -0.4 is 10.5 Å². The van der Waals surface area contributed by atoms with Gasteiger partial charge in [0.1, 0.15) is 5.75 Å². The summed E-state index contributed by atoms with van der Waals surface area (Å²) in [5, 5.41) is 9.28. The zero-order chi connectivity index (χ0) is 13.3. The zero-order valence-electron chi connectivity index (χ0n) is 10.3. The highest BCUT2D eigenvalue weighted by atomic mass is 32.2. The largest absolute Gasteiger partial charge is 0.506 e. The molecule has 1 unspecified atom stereocenters. The van der Waals surface area contributed by atoms with Crippen LogP contribution in [0, 0.1) is 5.92 Å². The molecule has 0 saturated heterocycles. The van der Waals surface area contributed by atoms with Gasteiger partial charge in [-0.05, 0) is 37.5 Å². The second kappa shape index (κ2) is 4.78. The van der Waals surface area contributed by atoms with E-state index in [1.165, 1.54) is 31.0 Å². The Labute approximate surface area is 107 Å². The third kappa shape index (κ3) is 3.14. The molecule has 1 aliphatic rings. The zero-order valence-corrected chi connectivity index (χ0v) is 11.1. The van der Waals surface area contributed by atoms with Gasteiger partial charge in [-0.25, -0.2) is 13.1 Å². The number of phenols is 1. The minimum Gasteiger partial charge on any atom is -0.506 e. The fourth-order valence-electron chi connectivity index (χ4n) is 1.93. The van der Waals surface area contributed by atoms with E-state index in [0.29, 0.717) is 5.92 Å². The minimum atomic E-state index is -3.56. The number of anilines is 1. The van der Waals surface area contributed by atoms with Crippen molar-refractivity contribution in [3.63, 3.8) is 0 Å². The maximum atomic E-state index is 12.1. The van der Waals surface area contributed by atoms with Gasteiger partial charge in [-0.2, -0.15) is 0 Å². The predicted octanol–water partition coefficient (Wildman–Crippen LogP) is 1.44. The highest BCUT2D eigenvalue weighted by Gasteiger charge is 2.26. The highest BCUT2D eigenvalue weighted by molar-refractivity contribution is 7.89. The Kier molecular flexibility index (Phi) is 3.49. The van der Waals surface area contributed by atoms with E-state index in [-0.39, 0.29) is 22.4 Å². The van der Waals surface area contributed by atoms with E-state index in [4.69, 9.17) is 5.73 Å². The van der Waals surface area contributed by atoms with E-state index in [1.807, 2.05) is 6.92 Å². The van der Waals surface area contributed by atoms with E-state index in [1.54, 1.807) is 0 Å². The number of benzene rings is 1. The molecule has 1 atom stereocenters. The van der Waals surface area contributed by atoms with Gasteiger partial charge in [0.2, 0.25) is 10.0 Å². The fourth-order valence-corrected chi connectivity index (χ4v) is 3.23. The molecule has 1 aromatic carbocycles. The van der Waals surface area contributed by atoms with Gasteiger partial charge in [-0.15, -0.1) is 0 Å². The lowest BCUT2D eigenvalue weighted by Crippen LogP contribution is -2.32. The van der Waals surface area contributed by atoms with Crippen LogP contribution in [0.25, 0.3) is 0 Å². The monoisotopic (exact) mass is 270 g/mol. The number of nitrogens with one attached hydrogen (secondary N) is 1. The van der Waals surface area contributed by atoms with Crippen LogP contribution in [0.1, 0.15) is 26.2 Å². The molecule has 1 fully saturated rings. The molecule has 1 saturated carbocycles. The van der Waals surface area contributed by atoms with Gasteiger partial charge >= 0.3 is 0 Å². The van der Waals surface area contributed by atoms with E-state index in [9.17, 15) is 13.5 Å². The summed E-state index contributed by atoms with van der Waals surface area (Å²) in [7, 11) is -3.56. The minimum absolute atomic E-state index is 0.0627. The number of hydrogen-bond donors (Lipinski definition) is 3. The number of aromatic hydroxyl groups is 1. The van der Waals surface area contributed by atoms with E-state index >= 15 is 0 Å². The van der Waals surface area contributed by atoms with Crippen LogP contribution in [0.2, 0.25) is 0 Å². The summed E-state index contributed by atoms with van der Waals surface area (Å²) in [6.07, 6.45) is 3.25. The predicted molar refractivity (Wildman–Crippen MR) is 69.6 cm³/mol. The Morgan fingerprint density at radius 1 is 1.50 bits per heavy atom. The summed E-state index contributed by atoms with van der Waals surface area (Å²) in [6.45, 7) is 1.86. The van der Waals surface area contributed by atoms with Crippen molar-refractivity contribution in [1.29, 1.82) is 0 Å². The van der Waals surface area contributed by atoms with E-state index in [2.05, 4.69) is 4.72 Å². The van der Waals surface area contributed by atoms with E-state index in [0.717, 1.165) is 6.42 Å². The molecular weight excluding hydrogens is 252 g/mol. The maximum Gasteiger partial charge on any atom is 0.240 e. The molecule has 1 aliphatic carbocycles. The summed E-state index contributed by atoms with van der Waals surface area (Å²) < 4.78 is 26.7. The summed E-state index contributed by atoms with van der Waals surface area (Å²) in [5.41, 5.74) is 5.56. The molecule has 4 N–H and O–H groups in total. The van der Waals surface area contributed by atoms with Crippen LogP contribution in [0.15, 0.2) is 23.1 Å². The fraction of sp³-hybridized carbons (Fsp3) is 0.500. The van der Waals surface area contributed by atoms with Crippen molar-refractivity contribution in [2.24, 2.45) is 5.92 Å². The Bertz CT molecular complexity index is 538. The highest BCUT2D eigenvalue weighted by Crippen LogP contribution is 2.33. The first kappa shape index (κ1) is 13.2. The normalized spacial score (nSPS) is 17.6. The number of nitrogens with two attached hydrogens (primary N) is 1. The van der Waals surface area contributed by atoms with Gasteiger partial charge in [0.05, 0.1) is 10.6 Å². The van der Waals surface area contributed by atoms with Crippen molar-refractivity contribution in [1.82, 2.24) is 4.72 Å². The first-order chi connectivity index (χ1) is 8.38. The number of sulfonamides is 1. The SMILES string of the molecule is CC(CC1CC1)NS(=O)(=O)c1ccc(O)c(N)c1. The molecule has 18 heavy (non-hydrogen) atoms. The van der Waals surface area contributed by atoms with Gasteiger partial charge in [0.25, 0.3) is 0 Å². The average Bonchev–Trinajstić information content (AvgIpc) is 3.04. The molecule has 100 valence electrons. The first-order valence-corrected chi connectivity index (χ1v) is 7.47. The number of nitrogen functional groups attached to an aromatic ring is 1. The van der Waals surface area contributed by atoms with Crippen molar-refractivity contribution in [3.8, 4) is 5.75 Å². The number of phenolic OH excluding ortho intramolecular Hbond substituents is 1. The molecule has 6 heteroatoms. The van der Waals surface area contributed by atoms with Gasteiger partial charge in [0, 0.05) is 6.04 Å². The molecule has 1 aromatic rings. The van der Waals surface area contributed by atoms with Gasteiger partial charge in [-0.3, -0.25) is 0 Å². The smallest absolute Gasteiger partial charge is 0.240 e. The van der Waals surface area contributed by atoms with Crippen LogP contribution in [-0.2, 0) is 10.0 Å². The summed E-state index contributed by atoms with van der Waals surface area (Å²) >= 11 is 0. The Balaban J connectivity index is 2.11. The van der Waals surface area contributed by atoms with Crippen LogP contribution in [0.4, 0.5) is 5.69 Å². The summed E-state index contributed by atoms with van der Waals surface area (Å²) in [4.78, 5) is 0.0837. The van der Waals surface area contributed by atoms with Crippen LogP contribution in [0.5, 0.6) is 5.75 Å². The van der Waals surface area contributed by atoms with Crippen molar-refractivity contribution < 1.29 is 13.5 Å². The third-order valence-corrected chi connectivity index (χ3v) is 4.64. The molecule has 5 nitrogen and oxygen atoms in total. The summed E-state index contributed by atoms with van der Waals surface area (Å²) in [5.74, 6) is 0.549. The molecule has 0 amide bonds. The van der Waals surface area contributed by atoms with Crippen molar-refractivity contribution in [3.05, 3.63) is 18.2 Å². The Morgan fingerprint density at radius 2 is 2.17 bits per heavy atom. The quantitative estimate of drug-likeness (QED) is 0.557.